The molecule has 0 saturated heterocycles. The first-order valence-corrected chi connectivity index (χ1v) is 6.85. The average Bonchev–Trinajstić information content (AvgIpc) is 2.47. The van der Waals surface area contributed by atoms with Crippen molar-refractivity contribution >= 4 is 27.6 Å². The van der Waals surface area contributed by atoms with Gasteiger partial charge in [-0.25, -0.2) is 9.18 Å². The molecule has 2 rings (SSSR count). The summed E-state index contributed by atoms with van der Waals surface area (Å²) in [5.74, 6) is -0.898. The smallest absolute Gasteiger partial charge is 0.339 e. The van der Waals surface area contributed by atoms with Gasteiger partial charge in [0, 0.05) is 5.69 Å². The second kappa shape index (κ2) is 6.58. The largest absolute Gasteiger partial charge is 0.494 e. The maximum absolute atomic E-state index is 13.5. The molecule has 0 spiro atoms. The Labute approximate surface area is 129 Å². The van der Waals surface area contributed by atoms with Crippen LogP contribution in [0.4, 0.5) is 10.1 Å². The number of esters is 1. The van der Waals surface area contributed by atoms with E-state index in [9.17, 15) is 9.18 Å². The summed E-state index contributed by atoms with van der Waals surface area (Å²) in [5, 5.41) is 0. The highest BCUT2D eigenvalue weighted by atomic mass is 79.9. The van der Waals surface area contributed by atoms with Crippen LogP contribution >= 0.6 is 15.9 Å². The molecular weight excluding hydrogens is 341 g/mol. The highest BCUT2D eigenvalue weighted by Gasteiger charge is 2.13. The van der Waals surface area contributed by atoms with Gasteiger partial charge in [-0.2, -0.15) is 0 Å². The summed E-state index contributed by atoms with van der Waals surface area (Å²) in [7, 11) is 1.38. The summed E-state index contributed by atoms with van der Waals surface area (Å²) in [6, 6.07) is 9.29. The van der Waals surface area contributed by atoms with Crippen molar-refractivity contribution in [2.24, 2.45) is 0 Å². The molecule has 0 aliphatic rings. The van der Waals surface area contributed by atoms with Crippen LogP contribution in [0.5, 0.6) is 5.75 Å². The quantitative estimate of drug-likeness (QED) is 0.674. The molecule has 4 nitrogen and oxygen atoms in total. The van der Waals surface area contributed by atoms with Gasteiger partial charge in [-0.3, -0.25) is 0 Å². The summed E-state index contributed by atoms with van der Waals surface area (Å²) in [6.45, 7) is -0.0407. The van der Waals surface area contributed by atoms with Crippen molar-refractivity contribution in [2.75, 3.05) is 12.8 Å². The Balaban J connectivity index is 2.07. The standard InChI is InChI=1S/C15H13BrFNO3/c1-20-13-6-5-9(7-11(13)17)8-21-15(19)10-3-2-4-12(18)14(10)16/h2-7H,8,18H2,1H3. The zero-order valence-corrected chi connectivity index (χ0v) is 12.8. The second-order valence-corrected chi connectivity index (χ2v) is 5.05. The molecule has 0 unspecified atom stereocenters. The van der Waals surface area contributed by atoms with E-state index in [2.05, 4.69) is 15.9 Å². The summed E-state index contributed by atoms with van der Waals surface area (Å²) >= 11 is 3.24. The van der Waals surface area contributed by atoms with Crippen LogP contribution in [0.25, 0.3) is 0 Å². The highest BCUT2D eigenvalue weighted by Crippen LogP contribution is 2.25. The van der Waals surface area contributed by atoms with E-state index in [1.165, 1.54) is 19.2 Å². The fraction of sp³-hybridized carbons (Fsp3) is 0.133. The topological polar surface area (TPSA) is 61.5 Å². The lowest BCUT2D eigenvalue weighted by atomic mass is 10.2. The molecule has 0 bridgehead atoms. The molecular formula is C15H13BrFNO3. The molecule has 0 radical (unpaired) electrons. The van der Waals surface area contributed by atoms with Crippen LogP contribution in [0.3, 0.4) is 0 Å². The van der Waals surface area contributed by atoms with Crippen molar-refractivity contribution < 1.29 is 18.7 Å². The van der Waals surface area contributed by atoms with Crippen LogP contribution in [-0.4, -0.2) is 13.1 Å². The van der Waals surface area contributed by atoms with Crippen molar-refractivity contribution in [2.45, 2.75) is 6.61 Å². The fourth-order valence-electron chi connectivity index (χ4n) is 1.73. The van der Waals surface area contributed by atoms with E-state index in [4.69, 9.17) is 15.2 Å². The maximum Gasteiger partial charge on any atom is 0.339 e. The van der Waals surface area contributed by atoms with Crippen molar-refractivity contribution in [3.8, 4) is 5.75 Å². The predicted molar refractivity (Wildman–Crippen MR) is 80.6 cm³/mol. The predicted octanol–water partition coefficient (Wildman–Crippen LogP) is 3.54. The summed E-state index contributed by atoms with van der Waals surface area (Å²) in [5.41, 5.74) is 7.00. The van der Waals surface area contributed by atoms with Gasteiger partial charge in [-0.05, 0) is 45.8 Å². The Hall–Kier alpha value is -2.08. The minimum absolute atomic E-state index is 0.0407. The van der Waals surface area contributed by atoms with Crippen molar-refractivity contribution in [1.82, 2.24) is 0 Å². The summed E-state index contributed by atoms with van der Waals surface area (Å²) in [6.07, 6.45) is 0. The lowest BCUT2D eigenvalue weighted by Gasteiger charge is -2.09. The SMILES string of the molecule is COc1ccc(COC(=O)c2cccc(N)c2Br)cc1F. The molecule has 0 aliphatic carbocycles. The number of halogens is 2. The number of anilines is 1. The van der Waals surface area contributed by atoms with E-state index < -0.39 is 11.8 Å². The van der Waals surface area contributed by atoms with Gasteiger partial charge in [0.25, 0.3) is 0 Å². The van der Waals surface area contributed by atoms with Crippen LogP contribution in [0, 0.1) is 5.82 Å². The molecule has 0 atom stereocenters. The van der Waals surface area contributed by atoms with Gasteiger partial charge in [0.15, 0.2) is 11.6 Å². The van der Waals surface area contributed by atoms with E-state index in [0.29, 0.717) is 21.3 Å². The molecule has 0 aliphatic heterocycles. The molecule has 0 fully saturated rings. The molecule has 21 heavy (non-hydrogen) atoms. The third-order valence-electron chi connectivity index (χ3n) is 2.83. The van der Waals surface area contributed by atoms with Crippen molar-refractivity contribution in [3.63, 3.8) is 0 Å². The first-order chi connectivity index (χ1) is 10.0. The molecule has 110 valence electrons. The van der Waals surface area contributed by atoms with Crippen LogP contribution in [0.15, 0.2) is 40.9 Å². The third-order valence-corrected chi connectivity index (χ3v) is 3.72. The van der Waals surface area contributed by atoms with Gasteiger partial charge >= 0.3 is 5.97 Å². The number of rotatable bonds is 4. The first-order valence-electron chi connectivity index (χ1n) is 6.06. The Kier molecular flexibility index (Phi) is 4.80. The molecule has 2 aromatic carbocycles. The Morgan fingerprint density at radius 3 is 2.76 bits per heavy atom. The molecule has 0 aromatic heterocycles. The molecule has 0 amide bonds. The summed E-state index contributed by atoms with van der Waals surface area (Å²) < 4.78 is 24.0. The van der Waals surface area contributed by atoms with E-state index >= 15 is 0 Å². The first kappa shape index (κ1) is 15.3. The van der Waals surface area contributed by atoms with E-state index in [1.807, 2.05) is 0 Å². The van der Waals surface area contributed by atoms with Gasteiger partial charge in [-0.1, -0.05) is 12.1 Å². The summed E-state index contributed by atoms with van der Waals surface area (Å²) in [4.78, 5) is 12.0. The number of ether oxygens (including phenoxy) is 2. The van der Waals surface area contributed by atoms with Gasteiger partial charge in [-0.15, -0.1) is 0 Å². The fourth-order valence-corrected chi connectivity index (χ4v) is 2.16. The Morgan fingerprint density at radius 2 is 2.10 bits per heavy atom. The van der Waals surface area contributed by atoms with Crippen LogP contribution in [0.2, 0.25) is 0 Å². The molecule has 2 N–H and O–H groups in total. The highest BCUT2D eigenvalue weighted by molar-refractivity contribution is 9.10. The third kappa shape index (κ3) is 3.52. The van der Waals surface area contributed by atoms with Crippen molar-refractivity contribution in [3.05, 3.63) is 57.8 Å². The number of hydrogen-bond donors (Lipinski definition) is 1. The minimum Gasteiger partial charge on any atom is -0.494 e. The number of carbonyl (C=O) groups is 1. The zero-order valence-electron chi connectivity index (χ0n) is 11.2. The van der Waals surface area contributed by atoms with E-state index in [0.717, 1.165) is 0 Å². The van der Waals surface area contributed by atoms with Crippen LogP contribution in [-0.2, 0) is 11.3 Å². The normalized spacial score (nSPS) is 10.2. The lowest BCUT2D eigenvalue weighted by Crippen LogP contribution is -2.07. The van der Waals surface area contributed by atoms with Crippen molar-refractivity contribution in [1.29, 1.82) is 0 Å². The average molecular weight is 354 g/mol. The molecule has 0 saturated carbocycles. The van der Waals surface area contributed by atoms with Gasteiger partial charge in [0.1, 0.15) is 6.61 Å². The number of hydrogen-bond acceptors (Lipinski definition) is 4. The van der Waals surface area contributed by atoms with Gasteiger partial charge < -0.3 is 15.2 Å². The minimum atomic E-state index is -0.537. The number of nitrogen functional groups attached to an aromatic ring is 1. The lowest BCUT2D eigenvalue weighted by molar-refractivity contribution is 0.0471. The molecule has 6 heteroatoms. The Bertz CT molecular complexity index is 676. The van der Waals surface area contributed by atoms with Gasteiger partial charge in [0.05, 0.1) is 17.1 Å². The zero-order chi connectivity index (χ0) is 15.4. The number of nitrogens with two attached hydrogens (primary N) is 1. The van der Waals surface area contributed by atoms with Gasteiger partial charge in [0.2, 0.25) is 0 Å². The number of carbonyl (C=O) groups excluding carboxylic acids is 1. The van der Waals surface area contributed by atoms with E-state index in [1.54, 1.807) is 24.3 Å². The van der Waals surface area contributed by atoms with Crippen LogP contribution in [0.1, 0.15) is 15.9 Å². The van der Waals surface area contributed by atoms with E-state index in [-0.39, 0.29) is 12.4 Å². The molecule has 0 heterocycles. The van der Waals surface area contributed by atoms with Crippen LogP contribution < -0.4 is 10.5 Å². The number of benzene rings is 2. The second-order valence-electron chi connectivity index (χ2n) is 4.25. The number of methoxy groups -OCH3 is 1. The maximum atomic E-state index is 13.5. The Morgan fingerprint density at radius 1 is 1.33 bits per heavy atom. The molecule has 2 aromatic rings. The monoisotopic (exact) mass is 353 g/mol.